The molecule has 0 saturated heterocycles. The number of carbonyl (C=O) groups excluding carboxylic acids is 2. The molecule has 2 aromatic carbocycles. The quantitative estimate of drug-likeness (QED) is 0.677. The van der Waals surface area contributed by atoms with Crippen molar-refractivity contribution in [2.75, 3.05) is 0 Å². The van der Waals surface area contributed by atoms with E-state index in [1.165, 1.54) is 11.8 Å². The fourth-order valence-electron chi connectivity index (χ4n) is 1.83. The van der Waals surface area contributed by atoms with Crippen LogP contribution in [0.5, 0.6) is 0 Å². The standard InChI is InChI=1S/C16H14O2S2/c17-15(19)11-13-8-4-5-9-14(13)20-16(18)10-12-6-2-1-3-7-12/h1-9H,10-11H2,(H,17,19). The summed E-state index contributed by atoms with van der Waals surface area (Å²) < 4.78 is 0. The van der Waals surface area contributed by atoms with Gasteiger partial charge in [-0.2, -0.15) is 0 Å². The molecule has 0 N–H and O–H groups in total. The molecule has 0 fully saturated rings. The average Bonchev–Trinajstić information content (AvgIpc) is 2.41. The van der Waals surface area contributed by atoms with E-state index in [4.69, 9.17) is 0 Å². The Morgan fingerprint density at radius 3 is 2.25 bits per heavy atom. The zero-order chi connectivity index (χ0) is 14.4. The van der Waals surface area contributed by atoms with Gasteiger partial charge in [0, 0.05) is 17.7 Å². The minimum Gasteiger partial charge on any atom is -0.287 e. The van der Waals surface area contributed by atoms with E-state index in [-0.39, 0.29) is 16.7 Å². The van der Waals surface area contributed by atoms with Crippen molar-refractivity contribution in [2.24, 2.45) is 0 Å². The van der Waals surface area contributed by atoms with E-state index in [0.29, 0.717) is 6.42 Å². The van der Waals surface area contributed by atoms with E-state index in [2.05, 4.69) is 12.6 Å². The summed E-state index contributed by atoms with van der Waals surface area (Å²) in [5.41, 5.74) is 1.84. The summed E-state index contributed by atoms with van der Waals surface area (Å²) in [5.74, 6) is 0. The Bertz CT molecular complexity index is 609. The van der Waals surface area contributed by atoms with Crippen molar-refractivity contribution >= 4 is 34.6 Å². The summed E-state index contributed by atoms with van der Waals surface area (Å²) in [5, 5.41) is -0.135. The monoisotopic (exact) mass is 302 g/mol. The molecule has 0 aromatic heterocycles. The van der Waals surface area contributed by atoms with Gasteiger partial charge in [0.05, 0.1) is 0 Å². The molecule has 0 amide bonds. The number of thiol groups is 1. The minimum atomic E-state index is -0.200. The molecule has 0 saturated carbocycles. The maximum Gasteiger partial charge on any atom is 0.198 e. The lowest BCUT2D eigenvalue weighted by atomic mass is 10.2. The molecule has 0 unspecified atom stereocenters. The zero-order valence-electron chi connectivity index (χ0n) is 10.8. The van der Waals surface area contributed by atoms with E-state index in [1.54, 1.807) is 0 Å². The van der Waals surface area contributed by atoms with Crippen molar-refractivity contribution in [2.45, 2.75) is 17.7 Å². The van der Waals surface area contributed by atoms with Gasteiger partial charge in [-0.3, -0.25) is 9.59 Å². The van der Waals surface area contributed by atoms with Crippen molar-refractivity contribution in [3.63, 3.8) is 0 Å². The van der Waals surface area contributed by atoms with Crippen molar-refractivity contribution in [1.82, 2.24) is 0 Å². The Hall–Kier alpha value is -1.52. The van der Waals surface area contributed by atoms with Crippen LogP contribution in [0.15, 0.2) is 59.5 Å². The van der Waals surface area contributed by atoms with Crippen LogP contribution in [0, 0.1) is 0 Å². The van der Waals surface area contributed by atoms with Crippen LogP contribution in [0.2, 0.25) is 0 Å². The normalized spacial score (nSPS) is 10.2. The predicted octanol–water partition coefficient (Wildman–Crippen LogP) is 3.55. The number of hydrogen-bond acceptors (Lipinski definition) is 3. The Morgan fingerprint density at radius 2 is 1.55 bits per heavy atom. The van der Waals surface area contributed by atoms with Gasteiger partial charge in [-0.05, 0) is 17.2 Å². The fraction of sp³-hybridized carbons (Fsp3) is 0.125. The lowest BCUT2D eigenvalue weighted by Crippen LogP contribution is -2.00. The zero-order valence-corrected chi connectivity index (χ0v) is 12.5. The van der Waals surface area contributed by atoms with Crippen LogP contribution in [0.3, 0.4) is 0 Å². The second-order valence-electron chi connectivity index (χ2n) is 4.31. The number of carbonyl (C=O) groups is 2. The SMILES string of the molecule is O=C(S)Cc1ccccc1SC(=O)Cc1ccccc1. The molecule has 0 bridgehead atoms. The van der Waals surface area contributed by atoms with Crippen LogP contribution in [0.4, 0.5) is 0 Å². The van der Waals surface area contributed by atoms with Gasteiger partial charge in [0.25, 0.3) is 0 Å². The van der Waals surface area contributed by atoms with Crippen LogP contribution >= 0.6 is 24.4 Å². The van der Waals surface area contributed by atoms with E-state index in [0.717, 1.165) is 16.0 Å². The largest absolute Gasteiger partial charge is 0.287 e. The van der Waals surface area contributed by atoms with E-state index in [9.17, 15) is 9.59 Å². The predicted molar refractivity (Wildman–Crippen MR) is 85.1 cm³/mol. The Morgan fingerprint density at radius 1 is 0.900 bits per heavy atom. The number of rotatable bonds is 5. The summed E-state index contributed by atoms with van der Waals surface area (Å²) in [6, 6.07) is 17.1. The van der Waals surface area contributed by atoms with Gasteiger partial charge in [-0.1, -0.05) is 60.3 Å². The highest BCUT2D eigenvalue weighted by molar-refractivity contribution is 8.13. The number of thioether (sulfide) groups is 1. The molecule has 0 atom stereocenters. The molecule has 0 aliphatic heterocycles. The van der Waals surface area contributed by atoms with E-state index < -0.39 is 0 Å². The molecule has 20 heavy (non-hydrogen) atoms. The van der Waals surface area contributed by atoms with E-state index in [1.807, 2.05) is 54.6 Å². The van der Waals surface area contributed by atoms with Crippen LogP contribution in [0.25, 0.3) is 0 Å². The number of hydrogen-bond donors (Lipinski definition) is 1. The Kier molecular flexibility index (Phi) is 5.44. The molecule has 0 spiro atoms. The van der Waals surface area contributed by atoms with Gasteiger partial charge in [0.2, 0.25) is 0 Å². The molecule has 2 aromatic rings. The summed E-state index contributed by atoms with van der Waals surface area (Å²) in [7, 11) is 0. The molecular formula is C16H14O2S2. The lowest BCUT2D eigenvalue weighted by Gasteiger charge is -2.06. The third kappa shape index (κ3) is 4.54. The van der Waals surface area contributed by atoms with Crippen molar-refractivity contribution in [3.8, 4) is 0 Å². The molecular weight excluding hydrogens is 288 g/mol. The highest BCUT2D eigenvalue weighted by atomic mass is 32.2. The second-order valence-corrected chi connectivity index (χ2v) is 5.91. The highest BCUT2D eigenvalue weighted by Crippen LogP contribution is 2.25. The first kappa shape index (κ1) is 14.9. The van der Waals surface area contributed by atoms with Crippen LogP contribution in [-0.4, -0.2) is 10.2 Å². The summed E-state index contributed by atoms with van der Waals surface area (Å²) in [6.45, 7) is 0. The van der Waals surface area contributed by atoms with E-state index >= 15 is 0 Å². The van der Waals surface area contributed by atoms with Gasteiger partial charge in [0.15, 0.2) is 10.2 Å². The van der Waals surface area contributed by atoms with Crippen molar-refractivity contribution < 1.29 is 9.59 Å². The van der Waals surface area contributed by atoms with Crippen LogP contribution in [0.1, 0.15) is 11.1 Å². The first-order valence-electron chi connectivity index (χ1n) is 6.19. The van der Waals surface area contributed by atoms with Gasteiger partial charge >= 0.3 is 0 Å². The van der Waals surface area contributed by atoms with Crippen molar-refractivity contribution in [3.05, 3.63) is 65.7 Å². The Labute approximate surface area is 128 Å². The van der Waals surface area contributed by atoms with Crippen molar-refractivity contribution in [1.29, 1.82) is 0 Å². The molecule has 0 radical (unpaired) electrons. The van der Waals surface area contributed by atoms with Crippen LogP contribution < -0.4 is 0 Å². The third-order valence-electron chi connectivity index (χ3n) is 2.73. The molecule has 2 rings (SSSR count). The van der Waals surface area contributed by atoms with Gasteiger partial charge < -0.3 is 0 Å². The maximum atomic E-state index is 12.1. The molecule has 102 valence electrons. The molecule has 0 aliphatic carbocycles. The fourth-order valence-corrected chi connectivity index (χ4v) is 2.91. The summed E-state index contributed by atoms with van der Waals surface area (Å²) >= 11 is 4.98. The maximum absolute atomic E-state index is 12.1. The smallest absolute Gasteiger partial charge is 0.198 e. The Balaban J connectivity index is 2.06. The minimum absolute atomic E-state index is 0.0651. The van der Waals surface area contributed by atoms with Crippen LogP contribution in [-0.2, 0) is 22.4 Å². The number of benzene rings is 2. The highest BCUT2D eigenvalue weighted by Gasteiger charge is 2.11. The summed E-state index contributed by atoms with van der Waals surface area (Å²) in [4.78, 5) is 24.0. The molecule has 4 heteroatoms. The van der Waals surface area contributed by atoms with Gasteiger partial charge in [-0.25, -0.2) is 0 Å². The first-order chi connectivity index (χ1) is 9.65. The molecule has 0 aliphatic rings. The summed E-state index contributed by atoms with van der Waals surface area (Å²) in [6.07, 6.45) is 0.625. The third-order valence-corrected chi connectivity index (χ3v) is 3.88. The second kappa shape index (κ2) is 7.31. The topological polar surface area (TPSA) is 34.1 Å². The lowest BCUT2D eigenvalue weighted by molar-refractivity contribution is -0.111. The first-order valence-corrected chi connectivity index (χ1v) is 7.46. The van der Waals surface area contributed by atoms with Gasteiger partial charge in [-0.15, -0.1) is 12.6 Å². The average molecular weight is 302 g/mol. The van der Waals surface area contributed by atoms with Gasteiger partial charge in [0.1, 0.15) is 0 Å². The molecule has 2 nitrogen and oxygen atoms in total. The molecule has 0 heterocycles.